The lowest BCUT2D eigenvalue weighted by atomic mass is 10.0. The lowest BCUT2D eigenvalue weighted by Gasteiger charge is -2.13. The van der Waals surface area contributed by atoms with Crippen LogP contribution in [0.4, 0.5) is 4.39 Å². The summed E-state index contributed by atoms with van der Waals surface area (Å²) in [6, 6.07) is 0. The normalized spacial score (nSPS) is 12.0. The first kappa shape index (κ1) is 10.1. The van der Waals surface area contributed by atoms with Crippen LogP contribution in [-0.2, 0) is 12.1 Å². The monoisotopic (exact) mass is 186 g/mol. The number of aromatic nitrogens is 3. The van der Waals surface area contributed by atoms with Crippen LogP contribution < -0.4 is 5.73 Å². The quantitative estimate of drug-likeness (QED) is 0.757. The number of alkyl halides is 1. The van der Waals surface area contributed by atoms with E-state index in [2.05, 4.69) is 10.3 Å². The fraction of sp³-hybridized carbons (Fsp3) is 0.750. The third-order valence-electron chi connectivity index (χ3n) is 1.72. The topological polar surface area (TPSA) is 56.7 Å². The lowest BCUT2D eigenvalue weighted by Crippen LogP contribution is -2.29. The van der Waals surface area contributed by atoms with Crippen molar-refractivity contribution in [3.63, 3.8) is 0 Å². The highest BCUT2D eigenvalue weighted by Crippen LogP contribution is 2.12. The molecule has 0 unspecified atom stereocenters. The molecule has 1 rings (SSSR count). The summed E-state index contributed by atoms with van der Waals surface area (Å²) < 4.78 is 13.4. The predicted octanol–water partition coefficient (Wildman–Crippen LogP) is 0.832. The summed E-state index contributed by atoms with van der Waals surface area (Å²) >= 11 is 0. The van der Waals surface area contributed by atoms with Crippen LogP contribution >= 0.6 is 0 Å². The second kappa shape index (κ2) is 3.83. The van der Waals surface area contributed by atoms with Crippen molar-refractivity contribution >= 4 is 0 Å². The predicted molar refractivity (Wildman–Crippen MR) is 47.8 cm³/mol. The second-order valence-corrected chi connectivity index (χ2v) is 3.63. The van der Waals surface area contributed by atoms with E-state index < -0.39 is 5.54 Å². The number of halogens is 1. The number of nitrogens with zero attached hydrogens (tertiary/aromatic N) is 3. The maximum Gasteiger partial charge on any atom is 0.102 e. The van der Waals surface area contributed by atoms with E-state index in [1.165, 1.54) is 0 Å². The summed E-state index contributed by atoms with van der Waals surface area (Å²) in [6.45, 7) is 3.94. The van der Waals surface area contributed by atoms with Crippen molar-refractivity contribution in [2.45, 2.75) is 32.4 Å². The van der Waals surface area contributed by atoms with Crippen LogP contribution in [0, 0.1) is 0 Å². The lowest BCUT2D eigenvalue weighted by molar-refractivity contribution is 0.431. The summed E-state index contributed by atoms with van der Waals surface area (Å²) in [5.41, 5.74) is 6.06. The van der Waals surface area contributed by atoms with Gasteiger partial charge in [0.25, 0.3) is 0 Å². The molecular weight excluding hydrogens is 171 g/mol. The fourth-order valence-electron chi connectivity index (χ4n) is 0.925. The zero-order chi connectivity index (χ0) is 9.90. The van der Waals surface area contributed by atoms with Crippen LogP contribution in [0.3, 0.4) is 0 Å². The summed E-state index contributed by atoms with van der Waals surface area (Å²) in [5, 5.41) is 7.75. The van der Waals surface area contributed by atoms with Gasteiger partial charge in [0.15, 0.2) is 0 Å². The van der Waals surface area contributed by atoms with E-state index in [1.54, 1.807) is 10.9 Å². The van der Waals surface area contributed by atoms with E-state index in [4.69, 9.17) is 5.73 Å². The maximum absolute atomic E-state index is 11.8. The van der Waals surface area contributed by atoms with Crippen molar-refractivity contribution in [2.75, 3.05) is 6.67 Å². The molecule has 2 N–H and O–H groups in total. The van der Waals surface area contributed by atoms with Gasteiger partial charge in [0.05, 0.1) is 18.4 Å². The van der Waals surface area contributed by atoms with Gasteiger partial charge < -0.3 is 5.73 Å². The molecule has 0 bridgehead atoms. The minimum Gasteiger partial charge on any atom is -0.320 e. The molecule has 1 aromatic heterocycles. The van der Waals surface area contributed by atoms with Crippen LogP contribution in [0.15, 0.2) is 6.20 Å². The molecule has 1 aromatic rings. The van der Waals surface area contributed by atoms with Crippen LogP contribution in [0.25, 0.3) is 0 Å². The van der Waals surface area contributed by atoms with Crippen LogP contribution in [-0.4, -0.2) is 21.7 Å². The van der Waals surface area contributed by atoms with Crippen molar-refractivity contribution < 1.29 is 4.39 Å². The minimum absolute atomic E-state index is 0.332. The molecule has 4 nitrogen and oxygen atoms in total. The van der Waals surface area contributed by atoms with E-state index >= 15 is 0 Å². The van der Waals surface area contributed by atoms with Crippen LogP contribution in [0.1, 0.15) is 26.0 Å². The highest BCUT2D eigenvalue weighted by molar-refractivity contribution is 5.05. The average molecular weight is 186 g/mol. The summed E-state index contributed by atoms with van der Waals surface area (Å²) in [7, 11) is 0. The largest absolute Gasteiger partial charge is 0.320 e. The number of nitrogens with two attached hydrogens (primary N) is 1. The molecule has 0 atom stereocenters. The Hall–Kier alpha value is -0.970. The van der Waals surface area contributed by atoms with Gasteiger partial charge in [0, 0.05) is 6.54 Å². The molecule has 0 aliphatic heterocycles. The highest BCUT2D eigenvalue weighted by atomic mass is 19.1. The summed E-state index contributed by atoms with van der Waals surface area (Å²) in [4.78, 5) is 0. The maximum atomic E-state index is 11.8. The van der Waals surface area contributed by atoms with Gasteiger partial charge >= 0.3 is 0 Å². The van der Waals surface area contributed by atoms with Gasteiger partial charge in [0.1, 0.15) is 5.69 Å². The molecule has 0 spiro atoms. The molecule has 0 aliphatic rings. The third-order valence-corrected chi connectivity index (χ3v) is 1.72. The van der Waals surface area contributed by atoms with E-state index in [0.29, 0.717) is 13.0 Å². The van der Waals surface area contributed by atoms with E-state index in [9.17, 15) is 4.39 Å². The van der Waals surface area contributed by atoms with E-state index in [1.807, 2.05) is 13.8 Å². The SMILES string of the molecule is CC(C)(N)c1cn(CCCF)nn1. The molecular formula is C8H15FN4. The molecule has 0 fully saturated rings. The van der Waals surface area contributed by atoms with Crippen molar-refractivity contribution in [2.24, 2.45) is 5.73 Å². The molecule has 0 saturated heterocycles. The average Bonchev–Trinajstić information content (AvgIpc) is 2.47. The van der Waals surface area contributed by atoms with Gasteiger partial charge in [-0.25, -0.2) is 0 Å². The minimum atomic E-state index is -0.478. The van der Waals surface area contributed by atoms with Gasteiger partial charge in [-0.2, -0.15) is 0 Å². The Morgan fingerprint density at radius 2 is 2.31 bits per heavy atom. The molecule has 1 heterocycles. The van der Waals surface area contributed by atoms with Gasteiger partial charge in [-0.3, -0.25) is 9.07 Å². The Balaban J connectivity index is 2.64. The van der Waals surface area contributed by atoms with Gasteiger partial charge in [-0.1, -0.05) is 5.21 Å². The van der Waals surface area contributed by atoms with Crippen molar-refractivity contribution in [1.82, 2.24) is 15.0 Å². The molecule has 74 valence electrons. The highest BCUT2D eigenvalue weighted by Gasteiger charge is 2.17. The van der Waals surface area contributed by atoms with Gasteiger partial charge in [0.2, 0.25) is 0 Å². The Morgan fingerprint density at radius 1 is 1.62 bits per heavy atom. The zero-order valence-electron chi connectivity index (χ0n) is 8.00. The van der Waals surface area contributed by atoms with E-state index in [-0.39, 0.29) is 6.67 Å². The van der Waals surface area contributed by atoms with Gasteiger partial charge in [-0.05, 0) is 20.3 Å². The number of aryl methyl sites for hydroxylation is 1. The first-order valence-corrected chi connectivity index (χ1v) is 4.29. The van der Waals surface area contributed by atoms with Crippen molar-refractivity contribution in [1.29, 1.82) is 0 Å². The van der Waals surface area contributed by atoms with Crippen molar-refractivity contribution in [3.8, 4) is 0 Å². The molecule has 0 radical (unpaired) electrons. The second-order valence-electron chi connectivity index (χ2n) is 3.63. The summed E-state index contributed by atoms with van der Waals surface area (Å²) in [6.07, 6.45) is 2.23. The van der Waals surface area contributed by atoms with E-state index in [0.717, 1.165) is 5.69 Å². The number of hydrogen-bond donors (Lipinski definition) is 1. The summed E-state index contributed by atoms with van der Waals surface area (Å²) in [5.74, 6) is 0. The number of hydrogen-bond acceptors (Lipinski definition) is 3. The number of rotatable bonds is 4. The van der Waals surface area contributed by atoms with Gasteiger partial charge in [-0.15, -0.1) is 5.10 Å². The molecule has 0 amide bonds. The Labute approximate surface area is 76.9 Å². The first-order chi connectivity index (χ1) is 6.04. The Bertz CT molecular complexity index is 263. The molecule has 5 heteroatoms. The van der Waals surface area contributed by atoms with Crippen molar-refractivity contribution in [3.05, 3.63) is 11.9 Å². The van der Waals surface area contributed by atoms with Crippen LogP contribution in [0.2, 0.25) is 0 Å². The molecule has 0 aromatic carbocycles. The molecule has 0 aliphatic carbocycles. The molecule has 13 heavy (non-hydrogen) atoms. The smallest absolute Gasteiger partial charge is 0.102 e. The first-order valence-electron chi connectivity index (χ1n) is 4.29. The zero-order valence-corrected chi connectivity index (χ0v) is 8.00. The standard InChI is InChI=1S/C8H15FN4/c1-8(2,10)7-6-13(12-11-7)5-3-4-9/h6H,3-5,10H2,1-2H3. The van der Waals surface area contributed by atoms with Crippen LogP contribution in [0.5, 0.6) is 0 Å². The fourth-order valence-corrected chi connectivity index (χ4v) is 0.925. The molecule has 0 saturated carbocycles. The Kier molecular flexibility index (Phi) is 2.98. The third kappa shape index (κ3) is 2.77. The Morgan fingerprint density at radius 3 is 2.77 bits per heavy atom.